The summed E-state index contributed by atoms with van der Waals surface area (Å²) >= 11 is 0. The van der Waals surface area contributed by atoms with Crippen LogP contribution in [0.2, 0.25) is 0 Å². The summed E-state index contributed by atoms with van der Waals surface area (Å²) in [6, 6.07) is 12.8. The molecule has 6 rings (SSSR count). The molecule has 8 heteroatoms. The third kappa shape index (κ3) is 5.51. The van der Waals surface area contributed by atoms with E-state index in [1.807, 2.05) is 44.2 Å². The van der Waals surface area contributed by atoms with E-state index in [-0.39, 0.29) is 24.8 Å². The number of hydrogen-bond acceptors (Lipinski definition) is 6. The van der Waals surface area contributed by atoms with Crippen LogP contribution in [-0.2, 0) is 16.0 Å². The number of aryl methyl sites for hydroxylation is 2. The van der Waals surface area contributed by atoms with Crippen LogP contribution in [0.15, 0.2) is 42.5 Å². The number of aliphatic carboxylic acids is 1. The summed E-state index contributed by atoms with van der Waals surface area (Å²) in [5.74, 6) is 0.569. The number of fused-ring (bicyclic) bond motifs is 2. The normalized spacial score (nSPS) is 20.7. The molecule has 0 aromatic heterocycles. The predicted octanol–water partition coefficient (Wildman–Crippen LogP) is 6.05. The third-order valence-electron chi connectivity index (χ3n) is 8.55. The van der Waals surface area contributed by atoms with E-state index in [0.717, 1.165) is 33.4 Å². The Bertz CT molecular complexity index is 1450. The van der Waals surface area contributed by atoms with E-state index in [1.54, 1.807) is 6.07 Å². The van der Waals surface area contributed by atoms with E-state index in [2.05, 4.69) is 0 Å². The molecule has 0 bridgehead atoms. The fourth-order valence-electron chi connectivity index (χ4n) is 6.45. The average Bonchev–Trinajstić information content (AvgIpc) is 3.53. The maximum Gasteiger partial charge on any atom is 0.304 e. The van der Waals surface area contributed by atoms with Crippen molar-refractivity contribution in [3.8, 4) is 28.4 Å². The Morgan fingerprint density at radius 3 is 2.56 bits per heavy atom. The highest BCUT2D eigenvalue weighted by Crippen LogP contribution is 2.45. The van der Waals surface area contributed by atoms with Crippen molar-refractivity contribution < 1.29 is 38.3 Å². The van der Waals surface area contributed by atoms with Gasteiger partial charge >= 0.3 is 5.97 Å². The quantitative estimate of drug-likeness (QED) is 0.345. The second-order valence-corrected chi connectivity index (χ2v) is 11.5. The molecule has 3 aromatic carbocycles. The van der Waals surface area contributed by atoms with Crippen molar-refractivity contribution in [3.63, 3.8) is 0 Å². The lowest BCUT2D eigenvalue weighted by Gasteiger charge is -2.31. The van der Waals surface area contributed by atoms with Gasteiger partial charge in [0.15, 0.2) is 0 Å². The Labute approximate surface area is 238 Å². The van der Waals surface area contributed by atoms with E-state index < -0.39 is 17.7 Å². The average molecular weight is 563 g/mol. The van der Waals surface area contributed by atoms with Gasteiger partial charge in [0.1, 0.15) is 41.4 Å². The Morgan fingerprint density at radius 1 is 1.07 bits per heavy atom. The van der Waals surface area contributed by atoms with Crippen LogP contribution in [-0.4, -0.2) is 48.2 Å². The largest absolute Gasteiger partial charge is 0.492 e. The molecule has 0 amide bonds. The van der Waals surface area contributed by atoms with Crippen LogP contribution in [0.25, 0.3) is 11.1 Å². The van der Waals surface area contributed by atoms with Crippen LogP contribution in [0.5, 0.6) is 17.2 Å². The molecule has 2 heterocycles. The molecule has 0 radical (unpaired) electrons. The molecule has 3 aromatic rings. The van der Waals surface area contributed by atoms with Crippen LogP contribution in [0.3, 0.4) is 0 Å². The molecule has 0 saturated carbocycles. The van der Waals surface area contributed by atoms with Gasteiger partial charge in [-0.2, -0.15) is 0 Å². The summed E-state index contributed by atoms with van der Waals surface area (Å²) in [5.41, 5.74) is 5.59. The number of hydrogen-bond donors (Lipinski definition) is 2. The summed E-state index contributed by atoms with van der Waals surface area (Å²) in [4.78, 5) is 11.2. The first kappa shape index (κ1) is 27.5. The van der Waals surface area contributed by atoms with Crippen molar-refractivity contribution in [2.24, 2.45) is 0 Å². The van der Waals surface area contributed by atoms with Crippen molar-refractivity contribution in [1.29, 1.82) is 0 Å². The highest BCUT2D eigenvalue weighted by atomic mass is 19.1. The molecule has 0 spiro atoms. The van der Waals surface area contributed by atoms with Crippen molar-refractivity contribution in [2.75, 3.05) is 26.4 Å². The fourth-order valence-corrected chi connectivity index (χ4v) is 6.45. The lowest BCUT2D eigenvalue weighted by molar-refractivity contribution is -0.137. The topological polar surface area (TPSA) is 94.5 Å². The first-order chi connectivity index (χ1) is 19.7. The summed E-state index contributed by atoms with van der Waals surface area (Å²) in [6.07, 6.45) is 2.00. The zero-order chi connectivity index (χ0) is 28.7. The van der Waals surface area contributed by atoms with Gasteiger partial charge in [-0.15, -0.1) is 0 Å². The minimum absolute atomic E-state index is 0.0147. The zero-order valence-corrected chi connectivity index (χ0v) is 23.4. The van der Waals surface area contributed by atoms with Gasteiger partial charge in [-0.1, -0.05) is 12.1 Å². The van der Waals surface area contributed by atoms with Crippen LogP contribution in [0.1, 0.15) is 65.5 Å². The second-order valence-electron chi connectivity index (χ2n) is 11.5. The Balaban J connectivity index is 1.23. The predicted molar refractivity (Wildman–Crippen MR) is 150 cm³/mol. The number of rotatable bonds is 8. The Kier molecular flexibility index (Phi) is 7.38. The summed E-state index contributed by atoms with van der Waals surface area (Å²) in [5, 5.41) is 19.9. The molecular formula is C33H35FO7. The molecule has 3 aliphatic rings. The summed E-state index contributed by atoms with van der Waals surface area (Å²) < 4.78 is 38.7. The molecule has 1 saturated heterocycles. The van der Waals surface area contributed by atoms with Gasteiger partial charge in [0.2, 0.25) is 0 Å². The Hall–Kier alpha value is -3.62. The number of carbonyl (C=O) groups is 1. The first-order valence-corrected chi connectivity index (χ1v) is 14.2. The number of benzene rings is 3. The maximum absolute atomic E-state index is 15.3. The molecule has 2 N–H and O–H groups in total. The lowest BCUT2D eigenvalue weighted by atomic mass is 9.90. The third-order valence-corrected chi connectivity index (χ3v) is 8.55. The van der Waals surface area contributed by atoms with Crippen LogP contribution < -0.4 is 14.2 Å². The smallest absolute Gasteiger partial charge is 0.304 e. The van der Waals surface area contributed by atoms with Crippen LogP contribution >= 0.6 is 0 Å². The van der Waals surface area contributed by atoms with E-state index in [0.29, 0.717) is 68.3 Å². The number of ether oxygens (including phenoxy) is 4. The van der Waals surface area contributed by atoms with Gasteiger partial charge in [0, 0.05) is 49.2 Å². The molecule has 2 atom stereocenters. The van der Waals surface area contributed by atoms with Gasteiger partial charge < -0.3 is 29.2 Å². The standard InChI is InChI=1S/C33H35FO7/c1-19-13-23(40-18-33(37)9-11-38-12-10-33)14-20(2)31(19)25-5-7-27(34)32-26(25)6-8-28(32)41-22-3-4-24-21(15-30(35)36)17-39-29(24)16-22/h3-5,7,13-14,16,21,28,37H,6,8-12,15,17-18H2,1-2H3,(H,35,36)/t21?,28-/m1/s1. The molecular weight excluding hydrogens is 527 g/mol. The van der Waals surface area contributed by atoms with Crippen LogP contribution in [0.4, 0.5) is 4.39 Å². The minimum Gasteiger partial charge on any atom is -0.492 e. The molecule has 1 fully saturated rings. The molecule has 1 aliphatic carbocycles. The number of carboxylic acid groups (broad SMARTS) is 1. The molecule has 41 heavy (non-hydrogen) atoms. The van der Waals surface area contributed by atoms with Gasteiger partial charge in [0.25, 0.3) is 0 Å². The lowest BCUT2D eigenvalue weighted by Crippen LogP contribution is -2.41. The highest BCUT2D eigenvalue weighted by Gasteiger charge is 2.33. The number of aliphatic hydroxyl groups is 1. The summed E-state index contributed by atoms with van der Waals surface area (Å²) in [7, 11) is 0. The first-order valence-electron chi connectivity index (χ1n) is 14.2. The van der Waals surface area contributed by atoms with E-state index in [4.69, 9.17) is 24.1 Å². The molecule has 216 valence electrons. The minimum atomic E-state index is -0.878. The van der Waals surface area contributed by atoms with Gasteiger partial charge in [-0.05, 0) is 78.8 Å². The van der Waals surface area contributed by atoms with Crippen molar-refractivity contribution in [3.05, 3.63) is 76.1 Å². The molecule has 1 unspecified atom stereocenters. The number of halogens is 1. The molecule has 2 aliphatic heterocycles. The SMILES string of the molecule is Cc1cc(OCC2(O)CCOCC2)cc(C)c1-c1ccc(F)c2c1CC[C@H]2Oc1ccc2c(c1)OCC2CC(=O)O. The van der Waals surface area contributed by atoms with E-state index in [1.165, 1.54) is 6.07 Å². The van der Waals surface area contributed by atoms with E-state index >= 15 is 4.39 Å². The van der Waals surface area contributed by atoms with Gasteiger partial charge in [-0.25, -0.2) is 4.39 Å². The van der Waals surface area contributed by atoms with E-state index in [9.17, 15) is 9.90 Å². The zero-order valence-electron chi connectivity index (χ0n) is 23.4. The van der Waals surface area contributed by atoms with Crippen molar-refractivity contribution in [1.82, 2.24) is 0 Å². The fraction of sp³-hybridized carbons (Fsp3) is 0.424. The summed E-state index contributed by atoms with van der Waals surface area (Å²) in [6.45, 7) is 5.66. The van der Waals surface area contributed by atoms with Crippen molar-refractivity contribution in [2.45, 2.75) is 63.6 Å². The van der Waals surface area contributed by atoms with Crippen LogP contribution in [0, 0.1) is 19.7 Å². The Morgan fingerprint density at radius 2 is 1.83 bits per heavy atom. The highest BCUT2D eigenvalue weighted by molar-refractivity contribution is 5.76. The number of carboxylic acids is 1. The van der Waals surface area contributed by atoms with Gasteiger partial charge in [-0.3, -0.25) is 4.79 Å². The maximum atomic E-state index is 15.3. The monoisotopic (exact) mass is 562 g/mol. The van der Waals surface area contributed by atoms with Crippen molar-refractivity contribution >= 4 is 5.97 Å². The molecule has 7 nitrogen and oxygen atoms in total. The van der Waals surface area contributed by atoms with Gasteiger partial charge in [0.05, 0.1) is 13.0 Å². The second kappa shape index (κ2) is 11.0.